The largest absolute Gasteiger partial charge is 0.487 e. The number of pyridine rings is 1. The predicted molar refractivity (Wildman–Crippen MR) is 62.8 cm³/mol. The molecule has 1 aromatic heterocycles. The summed E-state index contributed by atoms with van der Waals surface area (Å²) in [6.45, 7) is 0.263. The molecule has 0 radical (unpaired) electrons. The van der Waals surface area contributed by atoms with Gasteiger partial charge in [0.2, 0.25) is 0 Å². The SMILES string of the molecule is NNc1ccnc(COc2cccc(F)c2)c1. The molecule has 0 spiro atoms. The second-order valence-corrected chi connectivity index (χ2v) is 3.43. The Morgan fingerprint density at radius 3 is 2.94 bits per heavy atom. The smallest absolute Gasteiger partial charge is 0.130 e. The van der Waals surface area contributed by atoms with Gasteiger partial charge in [-0.2, -0.15) is 0 Å². The fraction of sp³-hybridized carbons (Fsp3) is 0.0833. The average Bonchev–Trinajstić information content (AvgIpc) is 2.37. The second kappa shape index (κ2) is 5.27. The fourth-order valence-electron chi connectivity index (χ4n) is 1.36. The van der Waals surface area contributed by atoms with Crippen molar-refractivity contribution in [2.45, 2.75) is 6.61 Å². The lowest BCUT2D eigenvalue weighted by Crippen LogP contribution is -2.08. The maximum absolute atomic E-state index is 12.9. The second-order valence-electron chi connectivity index (χ2n) is 3.43. The molecule has 0 aliphatic rings. The van der Waals surface area contributed by atoms with Crippen LogP contribution in [0, 0.1) is 5.82 Å². The highest BCUT2D eigenvalue weighted by Crippen LogP contribution is 2.14. The Kier molecular flexibility index (Phi) is 3.52. The van der Waals surface area contributed by atoms with Crippen LogP contribution in [0.1, 0.15) is 5.69 Å². The minimum Gasteiger partial charge on any atom is -0.487 e. The lowest BCUT2D eigenvalue weighted by Gasteiger charge is -2.06. The molecule has 1 aromatic carbocycles. The number of hydrazine groups is 1. The summed E-state index contributed by atoms with van der Waals surface area (Å²) in [6.07, 6.45) is 1.62. The van der Waals surface area contributed by atoms with Crippen molar-refractivity contribution < 1.29 is 9.13 Å². The van der Waals surface area contributed by atoms with Crippen LogP contribution in [0.5, 0.6) is 5.75 Å². The minimum absolute atomic E-state index is 0.263. The van der Waals surface area contributed by atoms with Gasteiger partial charge in [0.25, 0.3) is 0 Å². The first-order chi connectivity index (χ1) is 8.28. The van der Waals surface area contributed by atoms with Gasteiger partial charge >= 0.3 is 0 Å². The number of rotatable bonds is 4. The van der Waals surface area contributed by atoms with Crippen molar-refractivity contribution in [1.29, 1.82) is 0 Å². The van der Waals surface area contributed by atoms with E-state index >= 15 is 0 Å². The molecule has 17 heavy (non-hydrogen) atoms. The van der Waals surface area contributed by atoms with E-state index in [4.69, 9.17) is 10.6 Å². The summed E-state index contributed by atoms with van der Waals surface area (Å²) in [5, 5.41) is 0. The van der Waals surface area contributed by atoms with E-state index in [-0.39, 0.29) is 12.4 Å². The Balaban J connectivity index is 2.02. The third-order valence-corrected chi connectivity index (χ3v) is 2.17. The van der Waals surface area contributed by atoms with Crippen molar-refractivity contribution in [2.75, 3.05) is 5.43 Å². The Labute approximate surface area is 98.2 Å². The maximum atomic E-state index is 12.9. The van der Waals surface area contributed by atoms with Gasteiger partial charge in [0.05, 0.1) is 11.4 Å². The summed E-state index contributed by atoms with van der Waals surface area (Å²) in [4.78, 5) is 4.11. The number of hydrogen-bond donors (Lipinski definition) is 2. The summed E-state index contributed by atoms with van der Waals surface area (Å²) in [7, 11) is 0. The van der Waals surface area contributed by atoms with Crippen molar-refractivity contribution in [3.63, 3.8) is 0 Å². The highest BCUT2D eigenvalue weighted by Gasteiger charge is 1.99. The topological polar surface area (TPSA) is 60.2 Å². The Morgan fingerprint density at radius 2 is 2.18 bits per heavy atom. The maximum Gasteiger partial charge on any atom is 0.130 e. The number of anilines is 1. The van der Waals surface area contributed by atoms with Crippen LogP contribution in [0.25, 0.3) is 0 Å². The van der Waals surface area contributed by atoms with Crippen LogP contribution in [0.4, 0.5) is 10.1 Å². The molecule has 88 valence electrons. The number of hydrogen-bond acceptors (Lipinski definition) is 4. The molecule has 5 heteroatoms. The Bertz CT molecular complexity index is 505. The zero-order valence-electron chi connectivity index (χ0n) is 9.06. The van der Waals surface area contributed by atoms with Crippen molar-refractivity contribution >= 4 is 5.69 Å². The number of aromatic nitrogens is 1. The van der Waals surface area contributed by atoms with Gasteiger partial charge in [-0.05, 0) is 24.3 Å². The van der Waals surface area contributed by atoms with Gasteiger partial charge in [-0.25, -0.2) is 4.39 Å². The van der Waals surface area contributed by atoms with Crippen LogP contribution in [-0.4, -0.2) is 4.98 Å². The molecule has 0 aliphatic heterocycles. The van der Waals surface area contributed by atoms with Crippen molar-refractivity contribution in [3.8, 4) is 5.75 Å². The van der Waals surface area contributed by atoms with Crippen molar-refractivity contribution in [3.05, 3.63) is 54.1 Å². The molecular weight excluding hydrogens is 221 g/mol. The first-order valence-corrected chi connectivity index (χ1v) is 5.08. The summed E-state index contributed by atoms with van der Waals surface area (Å²) in [5.41, 5.74) is 3.98. The lowest BCUT2D eigenvalue weighted by molar-refractivity contribution is 0.300. The molecule has 1 heterocycles. The minimum atomic E-state index is -0.326. The molecule has 0 bridgehead atoms. The number of nitrogens with two attached hydrogens (primary N) is 1. The van der Waals surface area contributed by atoms with Gasteiger partial charge in [0.1, 0.15) is 18.2 Å². The zero-order chi connectivity index (χ0) is 12.1. The summed E-state index contributed by atoms with van der Waals surface area (Å²) < 4.78 is 18.3. The van der Waals surface area contributed by atoms with Gasteiger partial charge in [-0.3, -0.25) is 10.8 Å². The van der Waals surface area contributed by atoms with E-state index in [2.05, 4.69) is 10.4 Å². The van der Waals surface area contributed by atoms with Crippen LogP contribution < -0.4 is 16.0 Å². The third kappa shape index (κ3) is 3.15. The number of nitrogens with zero attached hydrogens (tertiary/aromatic N) is 1. The molecule has 2 aromatic rings. The quantitative estimate of drug-likeness (QED) is 0.627. The van der Waals surface area contributed by atoms with E-state index in [0.29, 0.717) is 11.4 Å². The number of nitrogens with one attached hydrogen (secondary N) is 1. The van der Waals surface area contributed by atoms with Crippen LogP contribution in [0.3, 0.4) is 0 Å². The normalized spacial score (nSPS) is 10.0. The molecule has 0 amide bonds. The fourth-order valence-corrected chi connectivity index (χ4v) is 1.36. The van der Waals surface area contributed by atoms with E-state index in [1.54, 1.807) is 30.5 Å². The molecule has 0 atom stereocenters. The van der Waals surface area contributed by atoms with E-state index in [1.165, 1.54) is 12.1 Å². The molecule has 4 nitrogen and oxygen atoms in total. The van der Waals surface area contributed by atoms with E-state index in [9.17, 15) is 4.39 Å². The molecule has 0 fully saturated rings. The first kappa shape index (κ1) is 11.3. The molecule has 0 saturated heterocycles. The highest BCUT2D eigenvalue weighted by molar-refractivity contribution is 5.41. The van der Waals surface area contributed by atoms with Crippen molar-refractivity contribution in [2.24, 2.45) is 5.84 Å². The van der Waals surface area contributed by atoms with Crippen LogP contribution in [0.15, 0.2) is 42.6 Å². The summed E-state index contributed by atoms with van der Waals surface area (Å²) in [5.74, 6) is 5.42. The van der Waals surface area contributed by atoms with E-state index in [1.807, 2.05) is 0 Å². The van der Waals surface area contributed by atoms with Gasteiger partial charge in [-0.15, -0.1) is 0 Å². The van der Waals surface area contributed by atoms with E-state index in [0.717, 1.165) is 5.69 Å². The molecule has 0 saturated carbocycles. The van der Waals surface area contributed by atoms with Crippen LogP contribution in [0.2, 0.25) is 0 Å². The van der Waals surface area contributed by atoms with E-state index < -0.39 is 0 Å². The lowest BCUT2D eigenvalue weighted by atomic mass is 10.3. The van der Waals surface area contributed by atoms with Crippen LogP contribution >= 0.6 is 0 Å². The third-order valence-electron chi connectivity index (χ3n) is 2.17. The molecule has 2 rings (SSSR count). The predicted octanol–water partition coefficient (Wildman–Crippen LogP) is 2.09. The average molecular weight is 233 g/mol. The molecule has 3 N–H and O–H groups in total. The molecular formula is C12H12FN3O. The van der Waals surface area contributed by atoms with Crippen LogP contribution in [-0.2, 0) is 6.61 Å². The van der Waals surface area contributed by atoms with Gasteiger partial charge in [-0.1, -0.05) is 6.07 Å². The molecule has 0 unspecified atom stereocenters. The summed E-state index contributed by atoms with van der Waals surface area (Å²) >= 11 is 0. The summed E-state index contributed by atoms with van der Waals surface area (Å²) in [6, 6.07) is 9.48. The van der Waals surface area contributed by atoms with Gasteiger partial charge < -0.3 is 10.2 Å². The van der Waals surface area contributed by atoms with Crippen molar-refractivity contribution in [1.82, 2.24) is 4.98 Å². The molecule has 0 aliphatic carbocycles. The number of ether oxygens (including phenoxy) is 1. The van der Waals surface area contributed by atoms with Gasteiger partial charge in [0.15, 0.2) is 0 Å². The van der Waals surface area contributed by atoms with Gasteiger partial charge in [0, 0.05) is 12.3 Å². The Hall–Kier alpha value is -2.14. The highest BCUT2D eigenvalue weighted by atomic mass is 19.1. The first-order valence-electron chi connectivity index (χ1n) is 5.08. The Morgan fingerprint density at radius 1 is 1.29 bits per heavy atom. The zero-order valence-corrected chi connectivity index (χ0v) is 9.06. The standard InChI is InChI=1S/C12H12FN3O/c13-9-2-1-3-12(6-9)17-8-11-7-10(16-14)4-5-15-11/h1-7H,8,14H2,(H,15,16). The monoisotopic (exact) mass is 233 g/mol. The number of halogens is 1. The number of nitrogen functional groups attached to an aromatic ring is 1. The number of benzene rings is 1.